The van der Waals surface area contributed by atoms with Gasteiger partial charge in [0.25, 0.3) is 0 Å². The quantitative estimate of drug-likeness (QED) is 0.564. The van der Waals surface area contributed by atoms with Gasteiger partial charge >= 0.3 is 6.16 Å². The van der Waals surface area contributed by atoms with Crippen LogP contribution >= 0.6 is 11.6 Å². The van der Waals surface area contributed by atoms with Crippen LogP contribution in [0, 0.1) is 11.6 Å². The number of ether oxygens (including phenoxy) is 3. The Morgan fingerprint density at radius 1 is 1.17 bits per heavy atom. The van der Waals surface area contributed by atoms with Crippen molar-refractivity contribution < 1.29 is 27.8 Å². The van der Waals surface area contributed by atoms with E-state index in [0.29, 0.717) is 12.0 Å². The largest absolute Gasteiger partial charge is 0.513 e. The second kappa shape index (κ2) is 7.97. The molecule has 0 bridgehead atoms. The van der Waals surface area contributed by atoms with Crippen LogP contribution in [-0.2, 0) is 17.8 Å². The van der Waals surface area contributed by atoms with Gasteiger partial charge in [-0.15, -0.1) is 0 Å². The minimum atomic E-state index is -0.928. The average molecular weight is 357 g/mol. The molecule has 4 nitrogen and oxygen atoms in total. The summed E-state index contributed by atoms with van der Waals surface area (Å²) in [5, 5.41) is 0.252. The third-order valence-electron chi connectivity index (χ3n) is 3.29. The minimum Gasteiger partial charge on any atom is -0.486 e. The van der Waals surface area contributed by atoms with Gasteiger partial charge in [0.15, 0.2) is 11.6 Å². The normalized spacial score (nSPS) is 10.4. The van der Waals surface area contributed by atoms with Crippen LogP contribution in [0.4, 0.5) is 13.6 Å². The number of halogens is 3. The molecule has 2 rings (SSSR count). The summed E-state index contributed by atoms with van der Waals surface area (Å²) in [5.74, 6) is -1.39. The smallest absolute Gasteiger partial charge is 0.486 e. The molecule has 0 N–H and O–H groups in total. The topological polar surface area (TPSA) is 44.8 Å². The zero-order chi connectivity index (χ0) is 17.7. The third kappa shape index (κ3) is 4.14. The highest BCUT2D eigenvalue weighted by Gasteiger charge is 2.15. The molecule has 0 amide bonds. The Morgan fingerprint density at radius 2 is 1.92 bits per heavy atom. The fourth-order valence-electron chi connectivity index (χ4n) is 2.01. The number of hydrogen-bond donors (Lipinski definition) is 0. The number of carbonyl (C=O) groups is 1. The molecular formula is C17H15ClF2O4. The van der Waals surface area contributed by atoms with Gasteiger partial charge < -0.3 is 14.2 Å². The van der Waals surface area contributed by atoms with E-state index in [-0.39, 0.29) is 28.7 Å². The lowest BCUT2D eigenvalue weighted by Gasteiger charge is -2.13. The molecule has 0 unspecified atom stereocenters. The molecule has 0 aliphatic rings. The van der Waals surface area contributed by atoms with Gasteiger partial charge in [0.05, 0.1) is 17.7 Å². The van der Waals surface area contributed by atoms with Crippen LogP contribution in [0.25, 0.3) is 0 Å². The molecule has 0 spiro atoms. The van der Waals surface area contributed by atoms with Crippen LogP contribution < -0.4 is 9.47 Å². The van der Waals surface area contributed by atoms with Crippen LogP contribution in [0.2, 0.25) is 5.02 Å². The van der Waals surface area contributed by atoms with Gasteiger partial charge in [-0.2, -0.15) is 0 Å². The first-order valence-electron chi connectivity index (χ1n) is 7.10. The van der Waals surface area contributed by atoms with E-state index in [0.717, 1.165) is 19.2 Å². The lowest BCUT2D eigenvalue weighted by molar-refractivity contribution is 0.120. The highest BCUT2D eigenvalue weighted by molar-refractivity contribution is 6.31. The fraction of sp³-hybridized carbons (Fsp3) is 0.235. The third-order valence-corrected chi connectivity index (χ3v) is 3.64. The van der Waals surface area contributed by atoms with Crippen molar-refractivity contribution in [3.63, 3.8) is 0 Å². The number of benzene rings is 2. The zero-order valence-electron chi connectivity index (χ0n) is 13.1. The van der Waals surface area contributed by atoms with Crippen LogP contribution in [0.15, 0.2) is 30.3 Å². The first-order chi connectivity index (χ1) is 11.5. The Morgan fingerprint density at radius 3 is 2.58 bits per heavy atom. The molecule has 0 aromatic heterocycles. The summed E-state index contributed by atoms with van der Waals surface area (Å²) >= 11 is 6.06. The monoisotopic (exact) mass is 356 g/mol. The maximum Gasteiger partial charge on any atom is 0.513 e. The van der Waals surface area contributed by atoms with Gasteiger partial charge in [-0.3, -0.25) is 0 Å². The van der Waals surface area contributed by atoms with Gasteiger partial charge in [0.2, 0.25) is 0 Å². The van der Waals surface area contributed by atoms with E-state index in [1.807, 2.05) is 0 Å². The lowest BCUT2D eigenvalue weighted by Crippen LogP contribution is -2.10. The van der Waals surface area contributed by atoms with Crippen LogP contribution in [0.5, 0.6) is 11.5 Å². The number of aryl methyl sites for hydroxylation is 1. The lowest BCUT2D eigenvalue weighted by atomic mass is 10.1. The van der Waals surface area contributed by atoms with Crippen molar-refractivity contribution in [2.24, 2.45) is 0 Å². The van der Waals surface area contributed by atoms with E-state index in [1.54, 1.807) is 19.1 Å². The average Bonchev–Trinajstić information content (AvgIpc) is 2.56. The van der Waals surface area contributed by atoms with Gasteiger partial charge in [-0.1, -0.05) is 24.6 Å². The minimum absolute atomic E-state index is 0.111. The molecule has 0 fully saturated rings. The number of methoxy groups -OCH3 is 1. The molecule has 128 valence electrons. The van der Waals surface area contributed by atoms with Crippen molar-refractivity contribution in [2.45, 2.75) is 20.0 Å². The van der Waals surface area contributed by atoms with Crippen molar-refractivity contribution in [1.29, 1.82) is 0 Å². The summed E-state index contributed by atoms with van der Waals surface area (Å²) in [6.45, 7) is 1.51. The van der Waals surface area contributed by atoms with Crippen molar-refractivity contribution in [1.82, 2.24) is 0 Å². The second-order valence-electron chi connectivity index (χ2n) is 4.79. The Hall–Kier alpha value is -2.34. The summed E-state index contributed by atoms with van der Waals surface area (Å²) < 4.78 is 42.4. The maximum atomic E-state index is 14.0. The number of hydrogen-bond acceptors (Lipinski definition) is 4. The van der Waals surface area contributed by atoms with E-state index in [2.05, 4.69) is 4.74 Å². The van der Waals surface area contributed by atoms with Gasteiger partial charge in [-0.05, 0) is 30.2 Å². The fourth-order valence-corrected chi connectivity index (χ4v) is 2.23. The van der Waals surface area contributed by atoms with Crippen LogP contribution in [0.1, 0.15) is 18.1 Å². The SMILES string of the molecule is CCc1cc(F)c(OCc2c(Cl)cccc2OC(=O)OC)cc1F. The van der Waals surface area contributed by atoms with Crippen molar-refractivity contribution in [3.8, 4) is 11.5 Å². The van der Waals surface area contributed by atoms with E-state index in [4.69, 9.17) is 21.1 Å². The molecule has 0 radical (unpaired) electrons. The highest BCUT2D eigenvalue weighted by Crippen LogP contribution is 2.29. The van der Waals surface area contributed by atoms with Gasteiger partial charge in [0.1, 0.15) is 18.2 Å². The molecular weight excluding hydrogens is 342 g/mol. The van der Waals surface area contributed by atoms with Gasteiger partial charge in [0, 0.05) is 6.07 Å². The van der Waals surface area contributed by atoms with E-state index in [1.165, 1.54) is 6.07 Å². The molecule has 0 aliphatic carbocycles. The Kier molecular flexibility index (Phi) is 5.98. The van der Waals surface area contributed by atoms with Crippen LogP contribution in [0.3, 0.4) is 0 Å². The first kappa shape index (κ1) is 18.0. The number of carbonyl (C=O) groups excluding carboxylic acids is 1. The molecule has 2 aromatic rings. The molecule has 0 aliphatic heterocycles. The highest BCUT2D eigenvalue weighted by atomic mass is 35.5. The van der Waals surface area contributed by atoms with Gasteiger partial charge in [-0.25, -0.2) is 13.6 Å². The van der Waals surface area contributed by atoms with E-state index in [9.17, 15) is 13.6 Å². The molecule has 0 atom stereocenters. The summed E-state index contributed by atoms with van der Waals surface area (Å²) in [5.41, 5.74) is 0.566. The summed E-state index contributed by atoms with van der Waals surface area (Å²) in [6.07, 6.45) is -0.562. The van der Waals surface area contributed by atoms with Crippen molar-refractivity contribution in [2.75, 3.05) is 7.11 Å². The molecule has 7 heteroatoms. The Bertz CT molecular complexity index is 750. The van der Waals surface area contributed by atoms with Crippen LogP contribution in [-0.4, -0.2) is 13.3 Å². The first-order valence-corrected chi connectivity index (χ1v) is 7.48. The molecule has 0 heterocycles. The molecule has 24 heavy (non-hydrogen) atoms. The van der Waals surface area contributed by atoms with Crippen molar-refractivity contribution >= 4 is 17.8 Å². The molecule has 0 saturated heterocycles. The Labute approximate surface area is 142 Å². The van der Waals surface area contributed by atoms with E-state index < -0.39 is 17.8 Å². The van der Waals surface area contributed by atoms with Crippen molar-refractivity contribution in [3.05, 3.63) is 58.1 Å². The molecule has 2 aromatic carbocycles. The predicted octanol–water partition coefficient (Wildman–Crippen LogP) is 4.90. The summed E-state index contributed by atoms with van der Waals surface area (Å²) in [6, 6.07) is 6.68. The standard InChI is InChI=1S/C17H15ClF2O4/c1-3-10-7-14(20)16(8-13(10)19)23-9-11-12(18)5-4-6-15(11)24-17(21)22-2/h4-8H,3,9H2,1-2H3. The second-order valence-corrected chi connectivity index (χ2v) is 5.20. The summed E-state index contributed by atoms with van der Waals surface area (Å²) in [7, 11) is 1.16. The summed E-state index contributed by atoms with van der Waals surface area (Å²) in [4.78, 5) is 11.3. The zero-order valence-corrected chi connectivity index (χ0v) is 13.8. The predicted molar refractivity (Wildman–Crippen MR) is 84.6 cm³/mol. The molecule has 0 saturated carbocycles. The number of rotatable bonds is 5. The van der Waals surface area contributed by atoms with E-state index >= 15 is 0 Å². The maximum absolute atomic E-state index is 14.0. The Balaban J connectivity index is 2.23.